The van der Waals surface area contributed by atoms with Gasteiger partial charge >= 0.3 is 0 Å². The number of rotatable bonds is 2. The molecule has 1 fully saturated rings. The smallest absolute Gasteiger partial charge is 0.272 e. The fourth-order valence-electron chi connectivity index (χ4n) is 3.10. The molecular weight excluding hydrogens is 290 g/mol. The Morgan fingerprint density at radius 1 is 1.39 bits per heavy atom. The Labute approximate surface area is 135 Å². The zero-order valence-electron chi connectivity index (χ0n) is 13.4. The average molecular weight is 309 g/mol. The summed E-state index contributed by atoms with van der Waals surface area (Å²) in [6.07, 6.45) is 5.77. The van der Waals surface area contributed by atoms with Gasteiger partial charge in [0.15, 0.2) is 0 Å². The summed E-state index contributed by atoms with van der Waals surface area (Å²) in [4.78, 5) is 23.1. The van der Waals surface area contributed by atoms with Gasteiger partial charge in [-0.2, -0.15) is 5.26 Å². The number of likely N-dealkylation sites (tertiary alicyclic amines) is 1. The highest BCUT2D eigenvalue weighted by atomic mass is 16.2. The average Bonchev–Trinajstić information content (AvgIpc) is 3.00. The van der Waals surface area contributed by atoms with Crippen molar-refractivity contribution in [3.05, 3.63) is 47.3 Å². The highest BCUT2D eigenvalue weighted by Crippen LogP contribution is 2.23. The van der Waals surface area contributed by atoms with Gasteiger partial charge in [0.05, 0.1) is 17.3 Å². The minimum absolute atomic E-state index is 0.0694. The van der Waals surface area contributed by atoms with Gasteiger partial charge in [0, 0.05) is 25.5 Å². The molecule has 0 N–H and O–H groups in total. The van der Waals surface area contributed by atoms with Crippen molar-refractivity contribution in [2.75, 3.05) is 13.1 Å². The van der Waals surface area contributed by atoms with E-state index in [0.29, 0.717) is 23.5 Å². The summed E-state index contributed by atoms with van der Waals surface area (Å²) in [6.45, 7) is 5.13. The summed E-state index contributed by atoms with van der Waals surface area (Å²) in [5.74, 6) is 0.900. The first-order valence-electron chi connectivity index (χ1n) is 7.76. The molecule has 3 heterocycles. The van der Waals surface area contributed by atoms with Gasteiger partial charge in [-0.15, -0.1) is 0 Å². The summed E-state index contributed by atoms with van der Waals surface area (Å²) >= 11 is 0. The van der Waals surface area contributed by atoms with E-state index in [1.165, 1.54) is 0 Å². The molecule has 0 saturated carbocycles. The summed E-state index contributed by atoms with van der Waals surface area (Å²) in [5.41, 5.74) is 1.51. The third-order valence-electron chi connectivity index (χ3n) is 4.36. The van der Waals surface area contributed by atoms with Crippen LogP contribution in [0.25, 0.3) is 0 Å². The molecule has 1 atom stereocenters. The standard InChI is InChI=1S/C17H19N5O/c1-12-14(10-18)5-6-16(20-12)17(23)21-8-3-4-15(11-21)22-9-7-19-13(22)2/h5-7,9,15H,3-4,8,11H2,1-2H3. The van der Waals surface area contributed by atoms with Gasteiger partial charge in [0.2, 0.25) is 0 Å². The molecule has 0 aromatic carbocycles. The fraction of sp³-hybridized carbons (Fsp3) is 0.412. The number of amides is 1. The van der Waals surface area contributed by atoms with E-state index in [1.807, 2.05) is 18.0 Å². The minimum atomic E-state index is -0.0694. The maximum atomic E-state index is 12.7. The van der Waals surface area contributed by atoms with E-state index in [1.54, 1.807) is 25.3 Å². The number of pyridine rings is 1. The van der Waals surface area contributed by atoms with Gasteiger partial charge in [-0.1, -0.05) is 0 Å². The Hall–Kier alpha value is -2.68. The van der Waals surface area contributed by atoms with Crippen molar-refractivity contribution in [2.45, 2.75) is 32.7 Å². The lowest BCUT2D eigenvalue weighted by Crippen LogP contribution is -2.41. The van der Waals surface area contributed by atoms with Gasteiger partial charge in [-0.05, 0) is 38.8 Å². The van der Waals surface area contributed by atoms with E-state index in [4.69, 9.17) is 5.26 Å². The van der Waals surface area contributed by atoms with Crippen LogP contribution in [0.4, 0.5) is 0 Å². The second-order valence-electron chi connectivity index (χ2n) is 5.87. The number of carbonyl (C=O) groups excluding carboxylic acids is 1. The first kappa shape index (κ1) is 15.2. The quantitative estimate of drug-likeness (QED) is 0.852. The van der Waals surface area contributed by atoms with E-state index >= 15 is 0 Å². The number of nitriles is 1. The number of imidazole rings is 1. The number of hydrogen-bond donors (Lipinski definition) is 0. The summed E-state index contributed by atoms with van der Waals surface area (Å²) in [5, 5.41) is 8.97. The highest BCUT2D eigenvalue weighted by molar-refractivity contribution is 5.92. The van der Waals surface area contributed by atoms with Crippen LogP contribution in [0.5, 0.6) is 0 Å². The van der Waals surface area contributed by atoms with Gasteiger partial charge in [0.1, 0.15) is 17.6 Å². The van der Waals surface area contributed by atoms with Crippen LogP contribution in [-0.2, 0) is 0 Å². The Morgan fingerprint density at radius 2 is 2.22 bits per heavy atom. The topological polar surface area (TPSA) is 74.8 Å². The molecule has 1 saturated heterocycles. The largest absolute Gasteiger partial charge is 0.335 e. The molecule has 6 heteroatoms. The van der Waals surface area contributed by atoms with Gasteiger partial charge in [0.25, 0.3) is 5.91 Å². The molecular formula is C17H19N5O. The monoisotopic (exact) mass is 309 g/mol. The SMILES string of the molecule is Cc1nc(C(=O)N2CCCC(n3ccnc3C)C2)ccc1C#N. The Bertz CT molecular complexity index is 774. The van der Waals surface area contributed by atoms with Crippen LogP contribution in [0.1, 0.15) is 46.5 Å². The van der Waals surface area contributed by atoms with Gasteiger partial charge in [-0.25, -0.2) is 9.97 Å². The molecule has 0 radical (unpaired) electrons. The number of piperidine rings is 1. The Kier molecular flexibility index (Phi) is 4.11. The highest BCUT2D eigenvalue weighted by Gasteiger charge is 2.26. The normalized spacial score (nSPS) is 17.8. The van der Waals surface area contributed by atoms with E-state index in [9.17, 15) is 4.79 Å². The second kappa shape index (κ2) is 6.21. The lowest BCUT2D eigenvalue weighted by Gasteiger charge is -2.33. The van der Waals surface area contributed by atoms with E-state index < -0.39 is 0 Å². The molecule has 1 amide bonds. The van der Waals surface area contributed by atoms with E-state index in [-0.39, 0.29) is 11.9 Å². The first-order valence-corrected chi connectivity index (χ1v) is 7.76. The van der Waals surface area contributed by atoms with Crippen molar-refractivity contribution in [1.82, 2.24) is 19.4 Å². The van der Waals surface area contributed by atoms with Crippen LogP contribution in [0.2, 0.25) is 0 Å². The van der Waals surface area contributed by atoms with Crippen LogP contribution >= 0.6 is 0 Å². The van der Waals surface area contributed by atoms with Crippen molar-refractivity contribution < 1.29 is 4.79 Å². The lowest BCUT2D eigenvalue weighted by molar-refractivity contribution is 0.0672. The number of hydrogen-bond acceptors (Lipinski definition) is 4. The third kappa shape index (κ3) is 2.95. The van der Waals surface area contributed by atoms with Gasteiger partial charge < -0.3 is 9.47 Å². The predicted octanol–water partition coefficient (Wildman–Crippen LogP) is 2.24. The molecule has 23 heavy (non-hydrogen) atoms. The van der Waals surface area contributed by atoms with Crippen molar-refractivity contribution in [3.8, 4) is 6.07 Å². The molecule has 3 rings (SSSR count). The van der Waals surface area contributed by atoms with Crippen molar-refractivity contribution in [3.63, 3.8) is 0 Å². The molecule has 118 valence electrons. The summed E-state index contributed by atoms with van der Waals surface area (Å²) in [6, 6.07) is 5.64. The van der Waals surface area contributed by atoms with Crippen molar-refractivity contribution in [2.24, 2.45) is 0 Å². The zero-order chi connectivity index (χ0) is 16.4. The minimum Gasteiger partial charge on any atom is -0.335 e. The fourth-order valence-corrected chi connectivity index (χ4v) is 3.10. The van der Waals surface area contributed by atoms with Crippen molar-refractivity contribution >= 4 is 5.91 Å². The molecule has 1 aliphatic rings. The maximum Gasteiger partial charge on any atom is 0.272 e. The molecule has 0 aliphatic carbocycles. The van der Waals surface area contributed by atoms with Crippen LogP contribution in [-0.4, -0.2) is 38.4 Å². The summed E-state index contributed by atoms with van der Waals surface area (Å²) < 4.78 is 2.14. The zero-order valence-corrected chi connectivity index (χ0v) is 13.4. The Balaban J connectivity index is 1.78. The maximum absolute atomic E-state index is 12.7. The summed E-state index contributed by atoms with van der Waals surface area (Å²) in [7, 11) is 0. The molecule has 0 bridgehead atoms. The molecule has 1 unspecified atom stereocenters. The molecule has 6 nitrogen and oxygen atoms in total. The van der Waals surface area contributed by atoms with E-state index in [0.717, 1.165) is 25.2 Å². The lowest BCUT2D eigenvalue weighted by atomic mass is 10.0. The molecule has 0 spiro atoms. The predicted molar refractivity (Wildman–Crippen MR) is 84.8 cm³/mol. The van der Waals surface area contributed by atoms with E-state index in [2.05, 4.69) is 20.6 Å². The van der Waals surface area contributed by atoms with Crippen LogP contribution in [0, 0.1) is 25.2 Å². The number of carbonyl (C=O) groups is 1. The first-order chi connectivity index (χ1) is 11.1. The number of aromatic nitrogens is 3. The molecule has 2 aromatic heterocycles. The van der Waals surface area contributed by atoms with Crippen LogP contribution in [0.15, 0.2) is 24.5 Å². The van der Waals surface area contributed by atoms with Crippen LogP contribution < -0.4 is 0 Å². The second-order valence-corrected chi connectivity index (χ2v) is 5.87. The van der Waals surface area contributed by atoms with Gasteiger partial charge in [-0.3, -0.25) is 4.79 Å². The third-order valence-corrected chi connectivity index (χ3v) is 4.36. The van der Waals surface area contributed by atoms with Crippen molar-refractivity contribution in [1.29, 1.82) is 5.26 Å². The van der Waals surface area contributed by atoms with Crippen LogP contribution in [0.3, 0.4) is 0 Å². The molecule has 1 aliphatic heterocycles. The number of aryl methyl sites for hydroxylation is 2. The molecule has 2 aromatic rings. The number of nitrogens with zero attached hydrogens (tertiary/aromatic N) is 5. The Morgan fingerprint density at radius 3 is 2.87 bits per heavy atom.